The van der Waals surface area contributed by atoms with Crippen LogP contribution in [0.4, 0.5) is 11.4 Å². The van der Waals surface area contributed by atoms with Gasteiger partial charge in [-0.25, -0.2) is 9.97 Å². The molecule has 0 unspecified atom stereocenters. The SMILES string of the molecule is COc1cc(Nc2cncc3cc(Cl)ccc23)cnc1-n1cnc(C)c1C. The maximum absolute atomic E-state index is 6.08. The molecule has 1 aromatic carbocycles. The highest BCUT2D eigenvalue weighted by atomic mass is 35.5. The summed E-state index contributed by atoms with van der Waals surface area (Å²) in [5.41, 5.74) is 3.66. The number of aryl methyl sites for hydroxylation is 1. The van der Waals surface area contributed by atoms with E-state index in [4.69, 9.17) is 16.3 Å². The summed E-state index contributed by atoms with van der Waals surface area (Å²) in [6.45, 7) is 3.97. The quantitative estimate of drug-likeness (QED) is 0.549. The molecular weight excluding hydrogens is 362 g/mol. The van der Waals surface area contributed by atoms with E-state index in [9.17, 15) is 0 Å². The van der Waals surface area contributed by atoms with Gasteiger partial charge in [0.2, 0.25) is 0 Å². The number of aromatic nitrogens is 4. The number of halogens is 1. The van der Waals surface area contributed by atoms with Crippen molar-refractivity contribution in [1.29, 1.82) is 0 Å². The molecule has 0 bridgehead atoms. The van der Waals surface area contributed by atoms with Gasteiger partial charge in [0.15, 0.2) is 11.6 Å². The highest BCUT2D eigenvalue weighted by Crippen LogP contribution is 2.30. The fraction of sp³-hybridized carbons (Fsp3) is 0.150. The Labute approximate surface area is 161 Å². The highest BCUT2D eigenvalue weighted by molar-refractivity contribution is 6.31. The number of hydrogen-bond donors (Lipinski definition) is 1. The van der Waals surface area contributed by atoms with Crippen LogP contribution in [0.5, 0.6) is 5.75 Å². The number of nitrogens with one attached hydrogen (secondary N) is 1. The maximum atomic E-state index is 6.08. The molecular formula is C20H18ClN5O. The summed E-state index contributed by atoms with van der Waals surface area (Å²) in [5.74, 6) is 1.35. The summed E-state index contributed by atoms with van der Waals surface area (Å²) in [7, 11) is 1.63. The number of ether oxygens (including phenoxy) is 1. The van der Waals surface area contributed by atoms with Gasteiger partial charge in [-0.05, 0) is 26.0 Å². The lowest BCUT2D eigenvalue weighted by molar-refractivity contribution is 0.410. The number of hydrogen-bond acceptors (Lipinski definition) is 5. The van der Waals surface area contributed by atoms with Crippen molar-refractivity contribution in [2.24, 2.45) is 0 Å². The molecule has 4 rings (SSSR count). The smallest absolute Gasteiger partial charge is 0.181 e. The van der Waals surface area contributed by atoms with Gasteiger partial charge in [0, 0.05) is 33.8 Å². The molecule has 7 heteroatoms. The topological polar surface area (TPSA) is 64.9 Å². The Hall–Kier alpha value is -3.12. The summed E-state index contributed by atoms with van der Waals surface area (Å²) in [5, 5.41) is 6.04. The average molecular weight is 380 g/mol. The van der Waals surface area contributed by atoms with E-state index in [1.54, 1.807) is 32.0 Å². The van der Waals surface area contributed by atoms with Crippen molar-refractivity contribution in [3.05, 3.63) is 65.6 Å². The highest BCUT2D eigenvalue weighted by Gasteiger charge is 2.13. The first-order valence-corrected chi connectivity index (χ1v) is 8.80. The first-order valence-electron chi connectivity index (χ1n) is 8.42. The summed E-state index contributed by atoms with van der Waals surface area (Å²) in [4.78, 5) is 13.2. The number of methoxy groups -OCH3 is 1. The molecule has 1 N–H and O–H groups in total. The minimum atomic E-state index is 0.650. The molecule has 0 amide bonds. The van der Waals surface area contributed by atoms with Gasteiger partial charge in [-0.15, -0.1) is 0 Å². The van der Waals surface area contributed by atoms with Crippen LogP contribution in [0, 0.1) is 13.8 Å². The third kappa shape index (κ3) is 3.19. The minimum absolute atomic E-state index is 0.650. The first-order chi connectivity index (χ1) is 13.1. The van der Waals surface area contributed by atoms with Crippen LogP contribution in [-0.4, -0.2) is 26.6 Å². The molecule has 4 aromatic rings. The van der Waals surface area contributed by atoms with Gasteiger partial charge in [-0.3, -0.25) is 9.55 Å². The summed E-state index contributed by atoms with van der Waals surface area (Å²) in [6.07, 6.45) is 7.08. The van der Waals surface area contributed by atoms with Crippen LogP contribution in [0.25, 0.3) is 16.6 Å². The van der Waals surface area contributed by atoms with E-state index in [2.05, 4.69) is 20.3 Å². The average Bonchev–Trinajstić information content (AvgIpc) is 3.00. The molecule has 3 aromatic heterocycles. The van der Waals surface area contributed by atoms with Crippen LogP contribution in [0.2, 0.25) is 5.02 Å². The van der Waals surface area contributed by atoms with Crippen LogP contribution in [0.1, 0.15) is 11.4 Å². The van der Waals surface area contributed by atoms with E-state index < -0.39 is 0 Å². The third-order valence-electron chi connectivity index (χ3n) is 4.53. The molecule has 0 aliphatic carbocycles. The van der Waals surface area contributed by atoms with E-state index in [1.807, 2.05) is 42.7 Å². The first kappa shape index (κ1) is 17.3. The number of anilines is 2. The molecule has 0 atom stereocenters. The largest absolute Gasteiger partial charge is 0.493 e. The molecule has 136 valence electrons. The van der Waals surface area contributed by atoms with Crippen LogP contribution in [0.3, 0.4) is 0 Å². The van der Waals surface area contributed by atoms with Gasteiger partial charge in [0.1, 0.15) is 6.33 Å². The van der Waals surface area contributed by atoms with E-state index in [1.165, 1.54) is 0 Å². The van der Waals surface area contributed by atoms with E-state index >= 15 is 0 Å². The monoisotopic (exact) mass is 379 g/mol. The van der Waals surface area contributed by atoms with Crippen molar-refractivity contribution in [2.75, 3.05) is 12.4 Å². The zero-order chi connectivity index (χ0) is 19.0. The second-order valence-electron chi connectivity index (χ2n) is 6.21. The summed E-state index contributed by atoms with van der Waals surface area (Å²) < 4.78 is 7.48. The van der Waals surface area contributed by atoms with Crippen molar-refractivity contribution in [3.8, 4) is 11.6 Å². The van der Waals surface area contributed by atoms with Crippen LogP contribution >= 0.6 is 11.6 Å². The summed E-state index contributed by atoms with van der Waals surface area (Å²) in [6, 6.07) is 7.63. The van der Waals surface area contributed by atoms with Crippen LogP contribution in [0.15, 0.2) is 49.2 Å². The van der Waals surface area contributed by atoms with E-state index in [0.717, 1.165) is 33.5 Å². The molecule has 0 aliphatic heterocycles. The van der Waals surface area contributed by atoms with Gasteiger partial charge < -0.3 is 10.1 Å². The fourth-order valence-electron chi connectivity index (χ4n) is 2.95. The lowest BCUT2D eigenvalue weighted by Crippen LogP contribution is -2.03. The predicted octanol–water partition coefficient (Wildman–Crippen LogP) is 4.84. The standard InChI is InChI=1S/C20H18ClN5O/c1-12-13(2)26(11-24-12)20-19(27-3)7-16(9-23-20)25-18-10-22-8-14-6-15(21)4-5-17(14)18/h4-11,25H,1-3H3. The van der Waals surface area contributed by atoms with Crippen molar-refractivity contribution >= 4 is 33.7 Å². The van der Waals surface area contributed by atoms with Crippen molar-refractivity contribution in [1.82, 2.24) is 19.5 Å². The Balaban J connectivity index is 1.73. The van der Waals surface area contributed by atoms with E-state index in [-0.39, 0.29) is 0 Å². The van der Waals surface area contributed by atoms with Crippen molar-refractivity contribution in [3.63, 3.8) is 0 Å². The van der Waals surface area contributed by atoms with Crippen LogP contribution < -0.4 is 10.1 Å². The molecule has 0 radical (unpaired) electrons. The Bertz CT molecular complexity index is 1140. The molecule has 0 fully saturated rings. The van der Waals surface area contributed by atoms with Gasteiger partial charge >= 0.3 is 0 Å². The number of fused-ring (bicyclic) bond motifs is 1. The Morgan fingerprint density at radius 3 is 2.67 bits per heavy atom. The second-order valence-corrected chi connectivity index (χ2v) is 6.65. The lowest BCUT2D eigenvalue weighted by atomic mass is 10.1. The zero-order valence-electron chi connectivity index (χ0n) is 15.2. The Morgan fingerprint density at radius 2 is 1.93 bits per heavy atom. The molecule has 0 spiro atoms. The lowest BCUT2D eigenvalue weighted by Gasteiger charge is -2.14. The van der Waals surface area contributed by atoms with E-state index in [0.29, 0.717) is 16.6 Å². The molecule has 0 aliphatic rings. The Morgan fingerprint density at radius 1 is 1.07 bits per heavy atom. The molecule has 27 heavy (non-hydrogen) atoms. The number of rotatable bonds is 4. The summed E-state index contributed by atoms with van der Waals surface area (Å²) >= 11 is 6.08. The molecule has 3 heterocycles. The second kappa shape index (κ2) is 6.89. The minimum Gasteiger partial charge on any atom is -0.493 e. The number of imidazole rings is 1. The fourth-order valence-corrected chi connectivity index (χ4v) is 3.13. The van der Waals surface area contributed by atoms with Gasteiger partial charge in [-0.2, -0.15) is 0 Å². The van der Waals surface area contributed by atoms with Gasteiger partial charge in [0.25, 0.3) is 0 Å². The zero-order valence-corrected chi connectivity index (χ0v) is 15.9. The predicted molar refractivity (Wildman–Crippen MR) is 107 cm³/mol. The molecule has 0 saturated heterocycles. The number of nitrogens with zero attached hydrogens (tertiary/aromatic N) is 4. The van der Waals surface area contributed by atoms with Crippen molar-refractivity contribution < 1.29 is 4.74 Å². The van der Waals surface area contributed by atoms with Crippen molar-refractivity contribution in [2.45, 2.75) is 13.8 Å². The molecule has 6 nitrogen and oxygen atoms in total. The normalized spacial score (nSPS) is 11.0. The third-order valence-corrected chi connectivity index (χ3v) is 4.77. The van der Waals surface area contributed by atoms with Crippen LogP contribution in [-0.2, 0) is 0 Å². The number of benzene rings is 1. The number of pyridine rings is 2. The molecule has 0 saturated carbocycles. The maximum Gasteiger partial charge on any atom is 0.181 e. The Kier molecular flexibility index (Phi) is 4.41. The van der Waals surface area contributed by atoms with Gasteiger partial charge in [0.05, 0.1) is 36.6 Å². The van der Waals surface area contributed by atoms with Gasteiger partial charge in [-0.1, -0.05) is 17.7 Å².